The highest BCUT2D eigenvalue weighted by molar-refractivity contribution is 5.87. The number of carbonyl (C=O) groups is 1. The van der Waals surface area contributed by atoms with Gasteiger partial charge in [-0.1, -0.05) is 17.7 Å². The number of ketones is 1. The number of carbonyl (C=O) groups excluding carboxylic acids is 1. The van der Waals surface area contributed by atoms with Gasteiger partial charge in [-0.15, -0.1) is 0 Å². The zero-order valence-corrected chi connectivity index (χ0v) is 7.84. The van der Waals surface area contributed by atoms with E-state index in [-0.39, 0.29) is 5.78 Å². The van der Waals surface area contributed by atoms with Gasteiger partial charge >= 0.3 is 0 Å². The van der Waals surface area contributed by atoms with E-state index in [4.69, 9.17) is 0 Å². The average molecular weight is 164 g/mol. The molecule has 1 aliphatic rings. The van der Waals surface area contributed by atoms with Gasteiger partial charge in [0.1, 0.15) is 0 Å². The largest absolute Gasteiger partial charge is 0.295 e. The molecule has 0 bridgehead atoms. The summed E-state index contributed by atoms with van der Waals surface area (Å²) in [6.45, 7) is 3.77. The first-order valence-corrected chi connectivity index (χ1v) is 4.53. The van der Waals surface area contributed by atoms with Crippen molar-refractivity contribution >= 4 is 5.78 Å². The van der Waals surface area contributed by atoms with E-state index in [1.54, 1.807) is 13.0 Å². The fourth-order valence-corrected chi connectivity index (χ4v) is 1.43. The monoisotopic (exact) mass is 164 g/mol. The minimum atomic E-state index is 0.154. The summed E-state index contributed by atoms with van der Waals surface area (Å²) in [4.78, 5) is 10.6. The summed E-state index contributed by atoms with van der Waals surface area (Å²) in [6.07, 6.45) is 9.51. The number of hydrogen-bond donors (Lipinski definition) is 0. The van der Waals surface area contributed by atoms with Crippen LogP contribution in [0.4, 0.5) is 0 Å². The first kappa shape index (κ1) is 9.24. The lowest BCUT2D eigenvalue weighted by molar-refractivity contribution is -0.112. The minimum absolute atomic E-state index is 0.154. The van der Waals surface area contributed by atoms with Crippen LogP contribution < -0.4 is 0 Å². The maximum Gasteiger partial charge on any atom is 0.152 e. The Kier molecular flexibility index (Phi) is 3.27. The molecule has 0 saturated carbocycles. The van der Waals surface area contributed by atoms with Crippen molar-refractivity contribution < 1.29 is 4.79 Å². The lowest BCUT2D eigenvalue weighted by atomic mass is 9.90. The molecule has 0 spiro atoms. The van der Waals surface area contributed by atoms with Gasteiger partial charge in [-0.05, 0) is 45.1 Å². The molecule has 0 aliphatic heterocycles. The van der Waals surface area contributed by atoms with Gasteiger partial charge in [-0.25, -0.2) is 0 Å². The molecule has 1 rings (SSSR count). The van der Waals surface area contributed by atoms with Crippen molar-refractivity contribution in [3.63, 3.8) is 0 Å². The number of allylic oxidation sites excluding steroid dienone is 4. The molecule has 0 N–H and O–H groups in total. The van der Waals surface area contributed by atoms with E-state index in [0.717, 1.165) is 6.42 Å². The third-order valence-electron chi connectivity index (χ3n) is 2.28. The van der Waals surface area contributed by atoms with Gasteiger partial charge in [0.25, 0.3) is 0 Å². The second kappa shape index (κ2) is 4.24. The molecule has 0 aromatic carbocycles. The summed E-state index contributed by atoms with van der Waals surface area (Å²) in [6, 6.07) is 0. The highest BCUT2D eigenvalue weighted by Crippen LogP contribution is 2.23. The summed E-state index contributed by atoms with van der Waals surface area (Å²) in [5, 5.41) is 0. The fourth-order valence-electron chi connectivity index (χ4n) is 1.43. The Morgan fingerprint density at radius 3 is 2.92 bits per heavy atom. The van der Waals surface area contributed by atoms with Crippen LogP contribution in [-0.4, -0.2) is 5.78 Å². The van der Waals surface area contributed by atoms with E-state index >= 15 is 0 Å². The van der Waals surface area contributed by atoms with Crippen molar-refractivity contribution in [3.05, 3.63) is 23.8 Å². The first-order valence-electron chi connectivity index (χ1n) is 4.53. The number of rotatable bonds is 2. The summed E-state index contributed by atoms with van der Waals surface area (Å²) >= 11 is 0. The van der Waals surface area contributed by atoms with E-state index in [0.29, 0.717) is 5.92 Å². The zero-order valence-electron chi connectivity index (χ0n) is 7.84. The molecule has 1 heteroatoms. The first-order chi connectivity index (χ1) is 5.68. The van der Waals surface area contributed by atoms with Crippen molar-refractivity contribution in [2.45, 2.75) is 33.1 Å². The van der Waals surface area contributed by atoms with Gasteiger partial charge in [-0.2, -0.15) is 0 Å². The van der Waals surface area contributed by atoms with Gasteiger partial charge in [0.05, 0.1) is 0 Å². The van der Waals surface area contributed by atoms with Gasteiger partial charge in [0, 0.05) is 0 Å². The average Bonchev–Trinajstić information content (AvgIpc) is 2.03. The topological polar surface area (TPSA) is 17.1 Å². The zero-order chi connectivity index (χ0) is 8.97. The predicted octanol–water partition coefficient (Wildman–Crippen LogP) is 2.88. The molecule has 0 fully saturated rings. The van der Waals surface area contributed by atoms with Crippen LogP contribution in [0.2, 0.25) is 0 Å². The van der Waals surface area contributed by atoms with E-state index < -0.39 is 0 Å². The predicted molar refractivity (Wildman–Crippen MR) is 50.9 cm³/mol. The standard InChI is InChI=1S/C11H16O/c1-9-3-6-11(7-4-9)8-5-10(2)12/h3,5,8,11H,4,6-7H2,1-2H3. The van der Waals surface area contributed by atoms with Crippen LogP contribution >= 0.6 is 0 Å². The molecule has 1 unspecified atom stereocenters. The second-order valence-electron chi connectivity index (χ2n) is 3.55. The molecule has 1 nitrogen and oxygen atoms in total. The highest BCUT2D eigenvalue weighted by atomic mass is 16.1. The molecule has 1 atom stereocenters. The smallest absolute Gasteiger partial charge is 0.152 e. The van der Waals surface area contributed by atoms with Gasteiger partial charge in [-0.3, -0.25) is 4.79 Å². The SMILES string of the molecule is CC(=O)C=CC1CC=C(C)CC1. The van der Waals surface area contributed by atoms with E-state index in [2.05, 4.69) is 13.0 Å². The lowest BCUT2D eigenvalue weighted by Crippen LogP contribution is -2.01. The van der Waals surface area contributed by atoms with Gasteiger partial charge in [0.2, 0.25) is 0 Å². The third-order valence-corrected chi connectivity index (χ3v) is 2.28. The summed E-state index contributed by atoms with van der Waals surface area (Å²) in [5.41, 5.74) is 1.49. The second-order valence-corrected chi connectivity index (χ2v) is 3.55. The molecule has 0 heterocycles. The Bertz CT molecular complexity index is 223. The Hall–Kier alpha value is -0.850. The molecule has 1 aliphatic carbocycles. The molecule has 0 amide bonds. The third kappa shape index (κ3) is 3.04. The van der Waals surface area contributed by atoms with Crippen LogP contribution in [0.25, 0.3) is 0 Å². The highest BCUT2D eigenvalue weighted by Gasteiger charge is 2.08. The molecular formula is C11H16O. The van der Waals surface area contributed by atoms with E-state index in [1.165, 1.54) is 18.4 Å². The van der Waals surface area contributed by atoms with Crippen LogP contribution in [0, 0.1) is 5.92 Å². The molecule has 0 aromatic rings. The van der Waals surface area contributed by atoms with Crippen LogP contribution in [0.1, 0.15) is 33.1 Å². The van der Waals surface area contributed by atoms with Crippen LogP contribution in [0.5, 0.6) is 0 Å². The van der Waals surface area contributed by atoms with Crippen LogP contribution in [-0.2, 0) is 4.79 Å². The summed E-state index contributed by atoms with van der Waals surface area (Å²) in [5.74, 6) is 0.749. The molecular weight excluding hydrogens is 148 g/mol. The van der Waals surface area contributed by atoms with Crippen LogP contribution in [0.15, 0.2) is 23.8 Å². The van der Waals surface area contributed by atoms with Crippen molar-refractivity contribution in [1.29, 1.82) is 0 Å². The van der Waals surface area contributed by atoms with Crippen molar-refractivity contribution in [2.75, 3.05) is 0 Å². The van der Waals surface area contributed by atoms with Crippen molar-refractivity contribution in [2.24, 2.45) is 5.92 Å². The Morgan fingerprint density at radius 1 is 1.67 bits per heavy atom. The number of hydrogen-bond acceptors (Lipinski definition) is 1. The van der Waals surface area contributed by atoms with Crippen molar-refractivity contribution in [3.8, 4) is 0 Å². The van der Waals surface area contributed by atoms with Gasteiger partial charge in [0.15, 0.2) is 5.78 Å². The normalized spacial score (nSPS) is 24.2. The maximum absolute atomic E-state index is 10.6. The molecule has 0 saturated heterocycles. The fraction of sp³-hybridized carbons (Fsp3) is 0.545. The Morgan fingerprint density at radius 2 is 2.42 bits per heavy atom. The molecule has 66 valence electrons. The van der Waals surface area contributed by atoms with E-state index in [1.807, 2.05) is 6.08 Å². The molecule has 12 heavy (non-hydrogen) atoms. The molecule has 0 aromatic heterocycles. The summed E-state index contributed by atoms with van der Waals surface area (Å²) < 4.78 is 0. The quantitative estimate of drug-likeness (QED) is 0.453. The maximum atomic E-state index is 10.6. The minimum Gasteiger partial charge on any atom is -0.295 e. The lowest BCUT2D eigenvalue weighted by Gasteiger charge is -2.16. The van der Waals surface area contributed by atoms with Gasteiger partial charge < -0.3 is 0 Å². The van der Waals surface area contributed by atoms with E-state index in [9.17, 15) is 4.79 Å². The summed E-state index contributed by atoms with van der Waals surface area (Å²) in [7, 11) is 0. The van der Waals surface area contributed by atoms with Crippen molar-refractivity contribution in [1.82, 2.24) is 0 Å². The molecule has 0 radical (unpaired) electrons. The Labute approximate surface area is 74.2 Å². The van der Waals surface area contributed by atoms with Crippen LogP contribution in [0.3, 0.4) is 0 Å². The Balaban J connectivity index is 2.42.